The minimum absolute atomic E-state index is 0.414. The summed E-state index contributed by atoms with van der Waals surface area (Å²) in [5.41, 5.74) is 5.53. The SMILES string of the molecule is c1ccc(CC2NCCc3[nH]c4ccccc4c32)cc1. The van der Waals surface area contributed by atoms with Gasteiger partial charge in [0.25, 0.3) is 0 Å². The van der Waals surface area contributed by atoms with Gasteiger partial charge in [-0.3, -0.25) is 0 Å². The first-order valence-electron chi connectivity index (χ1n) is 7.28. The topological polar surface area (TPSA) is 27.8 Å². The third-order valence-electron chi connectivity index (χ3n) is 4.22. The Hall–Kier alpha value is -2.06. The van der Waals surface area contributed by atoms with Crippen molar-refractivity contribution in [3.63, 3.8) is 0 Å². The number of hydrogen-bond donors (Lipinski definition) is 2. The normalized spacial score (nSPS) is 18.1. The molecular formula is C18H18N2. The molecule has 2 N–H and O–H groups in total. The predicted octanol–water partition coefficient (Wildman–Crippen LogP) is 3.60. The summed E-state index contributed by atoms with van der Waals surface area (Å²) in [6, 6.07) is 19.8. The highest BCUT2D eigenvalue weighted by Gasteiger charge is 2.24. The third-order valence-corrected chi connectivity index (χ3v) is 4.22. The predicted molar refractivity (Wildman–Crippen MR) is 82.9 cm³/mol. The Bertz CT molecular complexity index is 728. The zero-order chi connectivity index (χ0) is 13.4. The van der Waals surface area contributed by atoms with E-state index in [0.29, 0.717) is 6.04 Å². The van der Waals surface area contributed by atoms with Crippen LogP contribution in [0.4, 0.5) is 0 Å². The van der Waals surface area contributed by atoms with Gasteiger partial charge in [-0.05, 0) is 23.6 Å². The summed E-state index contributed by atoms with van der Waals surface area (Å²) < 4.78 is 0. The lowest BCUT2D eigenvalue weighted by molar-refractivity contribution is 0.503. The first kappa shape index (κ1) is 11.7. The summed E-state index contributed by atoms with van der Waals surface area (Å²) in [5.74, 6) is 0. The van der Waals surface area contributed by atoms with E-state index in [1.165, 1.54) is 27.7 Å². The highest BCUT2D eigenvalue weighted by atomic mass is 14.9. The molecule has 3 aromatic rings. The van der Waals surface area contributed by atoms with Crippen LogP contribution in [-0.4, -0.2) is 11.5 Å². The second kappa shape index (κ2) is 4.80. The minimum Gasteiger partial charge on any atom is -0.358 e. The first-order chi connectivity index (χ1) is 9.92. The molecule has 2 aromatic carbocycles. The summed E-state index contributed by atoms with van der Waals surface area (Å²) >= 11 is 0. The molecule has 100 valence electrons. The molecule has 0 amide bonds. The van der Waals surface area contributed by atoms with Gasteiger partial charge in [-0.1, -0.05) is 48.5 Å². The lowest BCUT2D eigenvalue weighted by Crippen LogP contribution is -2.30. The van der Waals surface area contributed by atoms with Gasteiger partial charge >= 0.3 is 0 Å². The van der Waals surface area contributed by atoms with Crippen LogP contribution in [0.3, 0.4) is 0 Å². The first-order valence-corrected chi connectivity index (χ1v) is 7.28. The number of rotatable bonds is 2. The molecule has 4 rings (SSSR count). The monoisotopic (exact) mass is 262 g/mol. The van der Waals surface area contributed by atoms with Gasteiger partial charge < -0.3 is 10.3 Å². The summed E-state index contributed by atoms with van der Waals surface area (Å²) in [7, 11) is 0. The molecule has 2 heterocycles. The summed E-state index contributed by atoms with van der Waals surface area (Å²) in [6.07, 6.45) is 2.14. The molecule has 0 saturated heterocycles. The van der Waals surface area contributed by atoms with E-state index < -0.39 is 0 Å². The van der Waals surface area contributed by atoms with Crippen molar-refractivity contribution < 1.29 is 0 Å². The van der Waals surface area contributed by atoms with Gasteiger partial charge in [0.15, 0.2) is 0 Å². The molecule has 20 heavy (non-hydrogen) atoms. The number of aromatic nitrogens is 1. The number of nitrogens with one attached hydrogen (secondary N) is 2. The van der Waals surface area contributed by atoms with Gasteiger partial charge in [0.1, 0.15) is 0 Å². The number of benzene rings is 2. The van der Waals surface area contributed by atoms with Gasteiger partial charge in [0.2, 0.25) is 0 Å². The average molecular weight is 262 g/mol. The number of hydrogen-bond acceptors (Lipinski definition) is 1. The maximum Gasteiger partial charge on any atom is 0.0459 e. The van der Waals surface area contributed by atoms with Crippen molar-refractivity contribution >= 4 is 10.9 Å². The third kappa shape index (κ3) is 1.93. The van der Waals surface area contributed by atoms with Crippen LogP contribution in [0.5, 0.6) is 0 Å². The van der Waals surface area contributed by atoms with Crippen LogP contribution in [-0.2, 0) is 12.8 Å². The van der Waals surface area contributed by atoms with Crippen LogP contribution in [0.25, 0.3) is 10.9 Å². The molecule has 0 aliphatic carbocycles. The van der Waals surface area contributed by atoms with Crippen LogP contribution >= 0.6 is 0 Å². The molecule has 0 spiro atoms. The van der Waals surface area contributed by atoms with E-state index in [4.69, 9.17) is 0 Å². The van der Waals surface area contributed by atoms with Crippen LogP contribution in [0.1, 0.15) is 22.9 Å². The number of H-pyrrole nitrogens is 1. The van der Waals surface area contributed by atoms with E-state index in [2.05, 4.69) is 64.9 Å². The van der Waals surface area contributed by atoms with Crippen molar-refractivity contribution in [3.8, 4) is 0 Å². The summed E-state index contributed by atoms with van der Waals surface area (Å²) in [4.78, 5) is 3.59. The van der Waals surface area contributed by atoms with Crippen molar-refractivity contribution in [1.29, 1.82) is 0 Å². The zero-order valence-corrected chi connectivity index (χ0v) is 11.4. The average Bonchev–Trinajstić information content (AvgIpc) is 2.88. The van der Waals surface area contributed by atoms with Crippen molar-refractivity contribution in [2.75, 3.05) is 6.54 Å². The van der Waals surface area contributed by atoms with Gasteiger partial charge in [-0.15, -0.1) is 0 Å². The molecular weight excluding hydrogens is 244 g/mol. The Kier molecular flexibility index (Phi) is 2.82. The highest BCUT2D eigenvalue weighted by molar-refractivity contribution is 5.85. The molecule has 1 aliphatic heterocycles. The molecule has 0 saturated carbocycles. The second-order valence-corrected chi connectivity index (χ2v) is 5.51. The highest BCUT2D eigenvalue weighted by Crippen LogP contribution is 2.32. The molecule has 0 fully saturated rings. The smallest absolute Gasteiger partial charge is 0.0459 e. The van der Waals surface area contributed by atoms with Crippen molar-refractivity contribution in [1.82, 2.24) is 10.3 Å². The van der Waals surface area contributed by atoms with Crippen LogP contribution < -0.4 is 5.32 Å². The van der Waals surface area contributed by atoms with Gasteiger partial charge in [0.05, 0.1) is 0 Å². The molecule has 1 aliphatic rings. The van der Waals surface area contributed by atoms with Gasteiger partial charge in [-0.2, -0.15) is 0 Å². The van der Waals surface area contributed by atoms with Crippen LogP contribution in [0, 0.1) is 0 Å². The molecule has 1 aromatic heterocycles. The zero-order valence-electron chi connectivity index (χ0n) is 11.4. The fourth-order valence-electron chi connectivity index (χ4n) is 3.31. The Morgan fingerprint density at radius 3 is 2.65 bits per heavy atom. The van der Waals surface area contributed by atoms with Crippen molar-refractivity contribution in [2.24, 2.45) is 0 Å². The molecule has 1 unspecified atom stereocenters. The minimum atomic E-state index is 0.414. The maximum atomic E-state index is 3.68. The van der Waals surface area contributed by atoms with E-state index in [0.717, 1.165) is 19.4 Å². The van der Waals surface area contributed by atoms with Crippen LogP contribution in [0.2, 0.25) is 0 Å². The number of aromatic amines is 1. The standard InChI is InChI=1S/C18H18N2/c1-2-6-13(7-3-1)12-17-18-14-8-4-5-9-15(14)20-16(18)10-11-19-17/h1-9,17,19-20H,10-12H2. The maximum absolute atomic E-state index is 3.68. The van der Waals surface area contributed by atoms with Gasteiger partial charge in [-0.25, -0.2) is 0 Å². The number of fused-ring (bicyclic) bond motifs is 3. The Balaban J connectivity index is 1.77. The largest absolute Gasteiger partial charge is 0.358 e. The quantitative estimate of drug-likeness (QED) is 0.725. The van der Waals surface area contributed by atoms with E-state index in [-0.39, 0.29) is 0 Å². The number of para-hydroxylation sites is 1. The summed E-state index contributed by atoms with van der Waals surface area (Å²) in [5, 5.41) is 5.05. The van der Waals surface area contributed by atoms with E-state index in [1.807, 2.05) is 0 Å². The fourth-order valence-corrected chi connectivity index (χ4v) is 3.31. The molecule has 0 bridgehead atoms. The van der Waals surface area contributed by atoms with Crippen molar-refractivity contribution in [2.45, 2.75) is 18.9 Å². The summed E-state index contributed by atoms with van der Waals surface area (Å²) in [6.45, 7) is 1.05. The molecule has 0 radical (unpaired) electrons. The van der Waals surface area contributed by atoms with E-state index in [1.54, 1.807) is 0 Å². The van der Waals surface area contributed by atoms with Gasteiger partial charge in [0, 0.05) is 35.6 Å². The molecule has 2 nitrogen and oxygen atoms in total. The molecule has 2 heteroatoms. The fraction of sp³-hybridized carbons (Fsp3) is 0.222. The lowest BCUT2D eigenvalue weighted by Gasteiger charge is -2.25. The second-order valence-electron chi connectivity index (χ2n) is 5.51. The van der Waals surface area contributed by atoms with E-state index in [9.17, 15) is 0 Å². The van der Waals surface area contributed by atoms with Crippen molar-refractivity contribution in [3.05, 3.63) is 71.4 Å². The van der Waals surface area contributed by atoms with E-state index >= 15 is 0 Å². The van der Waals surface area contributed by atoms with Crippen LogP contribution in [0.15, 0.2) is 54.6 Å². The molecule has 1 atom stereocenters. The Morgan fingerprint density at radius 1 is 0.950 bits per heavy atom. The Labute approximate surface area is 118 Å². The lowest BCUT2D eigenvalue weighted by atomic mass is 9.93. The Morgan fingerprint density at radius 2 is 1.75 bits per heavy atom.